The zero-order valence-corrected chi connectivity index (χ0v) is 21.1. The van der Waals surface area contributed by atoms with Crippen LogP contribution in [0, 0.1) is 12.8 Å². The summed E-state index contributed by atoms with van der Waals surface area (Å²) in [6.07, 6.45) is 3.32. The summed E-state index contributed by atoms with van der Waals surface area (Å²) in [5, 5.41) is 2.72. The summed E-state index contributed by atoms with van der Waals surface area (Å²) in [6, 6.07) is 13.2. The van der Waals surface area contributed by atoms with Gasteiger partial charge in [0.05, 0.1) is 11.6 Å². The van der Waals surface area contributed by atoms with Crippen molar-refractivity contribution in [1.29, 1.82) is 0 Å². The molecule has 0 aliphatic carbocycles. The molecule has 2 aliphatic heterocycles. The van der Waals surface area contributed by atoms with E-state index in [1.165, 1.54) is 22.9 Å². The van der Waals surface area contributed by atoms with Crippen molar-refractivity contribution in [3.05, 3.63) is 93.9 Å². The molecule has 2 atom stereocenters. The van der Waals surface area contributed by atoms with Crippen molar-refractivity contribution in [2.75, 3.05) is 11.9 Å². The quantitative estimate of drug-likeness (QED) is 0.486. The normalized spacial score (nSPS) is 18.4. The van der Waals surface area contributed by atoms with Gasteiger partial charge in [-0.1, -0.05) is 36.4 Å². The highest BCUT2D eigenvalue weighted by molar-refractivity contribution is 6.45. The number of hydrogen-bond acceptors (Lipinski definition) is 6. The van der Waals surface area contributed by atoms with E-state index in [0.29, 0.717) is 23.6 Å². The summed E-state index contributed by atoms with van der Waals surface area (Å²) in [5.41, 5.74) is 8.65. The molecule has 3 N–H and O–H groups in total. The highest BCUT2D eigenvalue weighted by Crippen LogP contribution is 2.38. The van der Waals surface area contributed by atoms with E-state index >= 15 is 0 Å². The fourth-order valence-corrected chi connectivity index (χ4v) is 5.07. The Kier molecular flexibility index (Phi) is 6.31. The summed E-state index contributed by atoms with van der Waals surface area (Å²) in [7, 11) is 1.56. The largest absolute Gasteiger partial charge is 0.381 e. The molecule has 0 spiro atoms. The predicted octanol–water partition coefficient (Wildman–Crippen LogP) is 3.62. The first-order chi connectivity index (χ1) is 18.2. The van der Waals surface area contributed by atoms with Crippen LogP contribution in [-0.2, 0) is 11.8 Å². The van der Waals surface area contributed by atoms with Crippen LogP contribution in [0.25, 0.3) is 16.8 Å². The van der Waals surface area contributed by atoms with Gasteiger partial charge in [0, 0.05) is 36.5 Å². The SMILES string of the molecule is CCN1C(c2ccc(-c3c(C)on(C)c3=O)cc2)=CC2C=C(F)N=C(C(=O)Nc3cccc(C(N)=O)c3)C21. The third kappa shape index (κ3) is 4.34. The van der Waals surface area contributed by atoms with Crippen molar-refractivity contribution < 1.29 is 18.5 Å². The third-order valence-corrected chi connectivity index (χ3v) is 6.77. The Morgan fingerprint density at radius 2 is 1.84 bits per heavy atom. The van der Waals surface area contributed by atoms with Crippen molar-refractivity contribution in [2.24, 2.45) is 23.7 Å². The molecule has 194 valence electrons. The molecule has 0 radical (unpaired) electrons. The van der Waals surface area contributed by atoms with Crippen molar-refractivity contribution in [3.8, 4) is 11.1 Å². The number of anilines is 1. The van der Waals surface area contributed by atoms with Crippen molar-refractivity contribution >= 4 is 28.9 Å². The maximum absolute atomic E-state index is 14.6. The van der Waals surface area contributed by atoms with E-state index in [9.17, 15) is 18.8 Å². The van der Waals surface area contributed by atoms with Gasteiger partial charge in [-0.2, -0.15) is 9.13 Å². The number of hydrogen-bond donors (Lipinski definition) is 2. The topological polar surface area (TPSA) is 123 Å². The lowest BCUT2D eigenvalue weighted by atomic mass is 9.94. The number of primary amides is 1. The van der Waals surface area contributed by atoms with Gasteiger partial charge in [0.25, 0.3) is 11.5 Å². The van der Waals surface area contributed by atoms with Gasteiger partial charge in [0.15, 0.2) is 0 Å². The highest BCUT2D eigenvalue weighted by atomic mass is 19.1. The molecular formula is C28H26FN5O4. The number of aromatic nitrogens is 1. The minimum atomic E-state index is -0.738. The molecule has 10 heteroatoms. The first-order valence-electron chi connectivity index (χ1n) is 12.1. The van der Waals surface area contributed by atoms with Crippen LogP contribution in [0.2, 0.25) is 0 Å². The van der Waals surface area contributed by atoms with E-state index in [-0.39, 0.29) is 16.8 Å². The van der Waals surface area contributed by atoms with Gasteiger partial charge in [0.1, 0.15) is 11.5 Å². The summed E-state index contributed by atoms with van der Waals surface area (Å²) in [6.45, 7) is 4.23. The van der Waals surface area contributed by atoms with Crippen LogP contribution >= 0.6 is 0 Å². The highest BCUT2D eigenvalue weighted by Gasteiger charge is 2.42. The average molecular weight is 516 g/mol. The first-order valence-corrected chi connectivity index (χ1v) is 12.1. The number of nitrogens with zero attached hydrogens (tertiary/aromatic N) is 3. The summed E-state index contributed by atoms with van der Waals surface area (Å²) >= 11 is 0. The molecule has 0 fully saturated rings. The number of benzene rings is 2. The Balaban J connectivity index is 1.43. The Labute approximate surface area is 217 Å². The molecule has 1 aromatic heterocycles. The molecule has 5 rings (SSSR count). The van der Waals surface area contributed by atoms with Crippen LogP contribution in [0.5, 0.6) is 0 Å². The number of aryl methyl sites for hydroxylation is 2. The van der Waals surface area contributed by atoms with E-state index in [0.717, 1.165) is 16.8 Å². The lowest BCUT2D eigenvalue weighted by molar-refractivity contribution is -0.110. The number of nitrogens with two attached hydrogens (primary N) is 1. The number of rotatable bonds is 6. The molecule has 0 bridgehead atoms. The average Bonchev–Trinajstić information content (AvgIpc) is 3.38. The predicted molar refractivity (Wildman–Crippen MR) is 142 cm³/mol. The van der Waals surface area contributed by atoms with E-state index in [2.05, 4.69) is 10.3 Å². The van der Waals surface area contributed by atoms with Crippen LogP contribution in [-0.4, -0.2) is 39.8 Å². The number of halogens is 1. The second-order valence-corrected chi connectivity index (χ2v) is 9.15. The van der Waals surface area contributed by atoms with Crippen LogP contribution < -0.4 is 16.6 Å². The maximum Gasteiger partial charge on any atom is 0.290 e. The fourth-order valence-electron chi connectivity index (χ4n) is 5.07. The van der Waals surface area contributed by atoms with E-state index in [1.807, 2.05) is 42.2 Å². The molecule has 0 saturated carbocycles. The third-order valence-electron chi connectivity index (χ3n) is 6.77. The monoisotopic (exact) mass is 515 g/mol. The number of amides is 2. The van der Waals surface area contributed by atoms with Crippen LogP contribution in [0.3, 0.4) is 0 Å². The minimum absolute atomic E-state index is 0.0294. The Bertz CT molecular complexity index is 1600. The lowest BCUT2D eigenvalue weighted by Crippen LogP contribution is -2.46. The fraction of sp³-hybridized carbons (Fsp3) is 0.214. The standard InChI is InChI=1S/C28H26FN5O4/c1-4-34-21(16-8-10-17(11-9-16)23-15(2)38-33(3)28(23)37)13-19-14-22(29)32-24(25(19)34)27(36)31-20-7-5-6-18(12-20)26(30)35/h5-14,19,25H,4H2,1-3H3,(H2,30,35)(H,31,36). The first kappa shape index (κ1) is 24.9. The summed E-state index contributed by atoms with van der Waals surface area (Å²) < 4.78 is 21.2. The second kappa shape index (κ2) is 9.62. The number of fused-ring (bicyclic) bond motifs is 1. The van der Waals surface area contributed by atoms with E-state index < -0.39 is 29.7 Å². The van der Waals surface area contributed by atoms with Gasteiger partial charge >= 0.3 is 0 Å². The lowest BCUT2D eigenvalue weighted by Gasteiger charge is -2.32. The molecule has 9 nitrogen and oxygen atoms in total. The Morgan fingerprint density at radius 1 is 1.13 bits per heavy atom. The van der Waals surface area contributed by atoms with Gasteiger partial charge in [0.2, 0.25) is 11.9 Å². The van der Waals surface area contributed by atoms with Crippen molar-refractivity contribution in [1.82, 2.24) is 9.64 Å². The molecule has 3 heterocycles. The van der Waals surface area contributed by atoms with E-state index in [1.54, 1.807) is 26.1 Å². The molecular weight excluding hydrogens is 489 g/mol. The number of carbonyl (C=O) groups is 2. The summed E-state index contributed by atoms with van der Waals surface area (Å²) in [4.78, 5) is 43.2. The zero-order chi connectivity index (χ0) is 27.1. The van der Waals surface area contributed by atoms with Gasteiger partial charge in [-0.05, 0) is 49.2 Å². The van der Waals surface area contributed by atoms with Gasteiger partial charge in [-0.15, -0.1) is 0 Å². The second-order valence-electron chi connectivity index (χ2n) is 9.15. The minimum Gasteiger partial charge on any atom is -0.381 e. The van der Waals surface area contributed by atoms with Crippen LogP contribution in [0.1, 0.15) is 28.6 Å². The Morgan fingerprint density at radius 3 is 2.47 bits per heavy atom. The van der Waals surface area contributed by atoms with Crippen molar-refractivity contribution in [3.63, 3.8) is 0 Å². The molecule has 0 saturated heterocycles. The van der Waals surface area contributed by atoms with E-state index in [4.69, 9.17) is 10.3 Å². The summed E-state index contributed by atoms with van der Waals surface area (Å²) in [5.74, 6) is -1.82. The molecule has 3 aromatic rings. The van der Waals surface area contributed by atoms with Gasteiger partial charge in [-0.3, -0.25) is 14.4 Å². The molecule has 2 aromatic carbocycles. The Hall–Kier alpha value is -4.73. The number of carbonyl (C=O) groups excluding carboxylic acids is 2. The van der Waals surface area contributed by atoms with Gasteiger partial charge in [-0.25, -0.2) is 4.99 Å². The number of nitrogens with one attached hydrogen (secondary N) is 1. The van der Waals surface area contributed by atoms with Crippen molar-refractivity contribution in [2.45, 2.75) is 19.9 Å². The van der Waals surface area contributed by atoms with Crippen LogP contribution in [0.4, 0.5) is 10.1 Å². The molecule has 2 unspecified atom stereocenters. The smallest absolute Gasteiger partial charge is 0.290 e. The van der Waals surface area contributed by atoms with Gasteiger partial charge < -0.3 is 20.5 Å². The molecule has 38 heavy (non-hydrogen) atoms. The molecule has 2 aliphatic rings. The number of aliphatic imine (C=N–C) groups is 1. The molecule has 2 amide bonds. The van der Waals surface area contributed by atoms with Crippen LogP contribution in [0.15, 0.2) is 80.9 Å². The zero-order valence-electron chi connectivity index (χ0n) is 21.1. The maximum atomic E-state index is 14.6.